The van der Waals surface area contributed by atoms with Crippen molar-refractivity contribution in [3.63, 3.8) is 0 Å². The van der Waals surface area contributed by atoms with Crippen molar-refractivity contribution in [2.24, 2.45) is 5.92 Å². The second kappa shape index (κ2) is 6.72. The van der Waals surface area contributed by atoms with E-state index in [0.29, 0.717) is 5.92 Å². The molecule has 0 saturated carbocycles. The van der Waals surface area contributed by atoms with Gasteiger partial charge in [-0.05, 0) is 79.7 Å². The van der Waals surface area contributed by atoms with E-state index in [9.17, 15) is 5.11 Å². The van der Waals surface area contributed by atoms with Gasteiger partial charge in [-0.25, -0.2) is 0 Å². The highest BCUT2D eigenvalue weighted by molar-refractivity contribution is 5.50. The Kier molecular flexibility index (Phi) is 5.34. The van der Waals surface area contributed by atoms with Gasteiger partial charge < -0.3 is 10.2 Å². The van der Waals surface area contributed by atoms with E-state index in [1.165, 1.54) is 27.8 Å². The van der Waals surface area contributed by atoms with Gasteiger partial charge in [0, 0.05) is 12.0 Å². The van der Waals surface area contributed by atoms with E-state index in [4.69, 9.17) is 5.11 Å². The van der Waals surface area contributed by atoms with Gasteiger partial charge in [0.25, 0.3) is 0 Å². The van der Waals surface area contributed by atoms with Crippen LogP contribution in [0, 0.1) is 19.8 Å². The van der Waals surface area contributed by atoms with Crippen LogP contribution in [0.1, 0.15) is 67.9 Å². The number of benzene rings is 1. The molecule has 2 atom stereocenters. The number of aryl methyl sites for hydroxylation is 1. The zero-order valence-corrected chi connectivity index (χ0v) is 14.9. The summed E-state index contributed by atoms with van der Waals surface area (Å²) in [6.45, 7) is 11.3. The molecule has 1 aliphatic carbocycles. The van der Waals surface area contributed by atoms with Gasteiger partial charge in [-0.3, -0.25) is 0 Å². The minimum absolute atomic E-state index is 0.155. The summed E-state index contributed by atoms with van der Waals surface area (Å²) in [5, 5.41) is 19.5. The first-order valence-electron chi connectivity index (χ1n) is 8.70. The van der Waals surface area contributed by atoms with Crippen molar-refractivity contribution in [2.75, 3.05) is 6.61 Å². The molecule has 0 aromatic heterocycles. The lowest BCUT2D eigenvalue weighted by Crippen LogP contribution is -2.39. The lowest BCUT2D eigenvalue weighted by Gasteiger charge is -2.39. The number of hydrogen-bond donors (Lipinski definition) is 2. The smallest absolute Gasteiger partial charge is 0.0634 e. The van der Waals surface area contributed by atoms with Gasteiger partial charge in [-0.15, -0.1) is 0 Å². The Labute approximate surface area is 135 Å². The van der Waals surface area contributed by atoms with E-state index in [1.54, 1.807) is 0 Å². The largest absolute Gasteiger partial charge is 0.396 e. The quantitative estimate of drug-likeness (QED) is 0.867. The second-order valence-electron chi connectivity index (χ2n) is 7.76. The molecule has 2 rings (SSSR count). The van der Waals surface area contributed by atoms with E-state index in [1.807, 2.05) is 0 Å². The molecule has 0 aliphatic heterocycles. The molecule has 0 radical (unpaired) electrons. The Bertz CT molecular complexity index is 531. The number of fused-ring (bicyclic) bond motifs is 1. The van der Waals surface area contributed by atoms with Crippen molar-refractivity contribution in [3.05, 3.63) is 33.9 Å². The molecule has 0 heterocycles. The van der Waals surface area contributed by atoms with Crippen LogP contribution >= 0.6 is 0 Å². The minimum atomic E-state index is -0.247. The van der Waals surface area contributed by atoms with Crippen molar-refractivity contribution in [1.82, 2.24) is 0 Å². The molecular weight excluding hydrogens is 272 g/mol. The fraction of sp³-hybridized carbons (Fsp3) is 0.700. The van der Waals surface area contributed by atoms with Crippen LogP contribution in [-0.4, -0.2) is 22.9 Å². The normalized spacial score (nSPS) is 21.5. The lowest BCUT2D eigenvalue weighted by atomic mass is 9.68. The zero-order valence-electron chi connectivity index (χ0n) is 14.9. The van der Waals surface area contributed by atoms with Crippen molar-refractivity contribution >= 4 is 0 Å². The summed E-state index contributed by atoms with van der Waals surface area (Å²) in [7, 11) is 0. The predicted molar refractivity (Wildman–Crippen MR) is 92.5 cm³/mol. The first-order chi connectivity index (χ1) is 10.3. The Balaban J connectivity index is 2.38. The first-order valence-corrected chi connectivity index (χ1v) is 8.70. The van der Waals surface area contributed by atoms with Crippen LogP contribution in [0.25, 0.3) is 0 Å². The maximum atomic E-state index is 10.4. The summed E-state index contributed by atoms with van der Waals surface area (Å²) in [5.41, 5.74) is 6.93. The van der Waals surface area contributed by atoms with Crippen molar-refractivity contribution in [2.45, 2.75) is 78.2 Å². The molecule has 0 bridgehead atoms. The highest BCUT2D eigenvalue weighted by Crippen LogP contribution is 2.40. The van der Waals surface area contributed by atoms with Crippen molar-refractivity contribution in [1.29, 1.82) is 0 Å². The minimum Gasteiger partial charge on any atom is -0.396 e. The zero-order chi connectivity index (χ0) is 16.5. The highest BCUT2D eigenvalue weighted by atomic mass is 16.3. The Morgan fingerprint density at radius 2 is 1.95 bits per heavy atom. The van der Waals surface area contributed by atoms with E-state index in [2.05, 4.69) is 40.7 Å². The van der Waals surface area contributed by atoms with Gasteiger partial charge in [0.15, 0.2) is 0 Å². The van der Waals surface area contributed by atoms with Gasteiger partial charge in [0.1, 0.15) is 0 Å². The summed E-state index contributed by atoms with van der Waals surface area (Å²) < 4.78 is 0. The number of rotatable bonds is 5. The third-order valence-electron chi connectivity index (χ3n) is 5.80. The Morgan fingerprint density at radius 3 is 2.59 bits per heavy atom. The van der Waals surface area contributed by atoms with Gasteiger partial charge in [-0.1, -0.05) is 26.8 Å². The average molecular weight is 304 g/mol. The molecule has 0 saturated heterocycles. The molecular formula is C20H32O2. The number of aliphatic hydroxyl groups excluding tert-OH is 2. The lowest BCUT2D eigenvalue weighted by molar-refractivity contribution is 0.0828. The van der Waals surface area contributed by atoms with Crippen LogP contribution in [0.3, 0.4) is 0 Å². The molecule has 2 N–H and O–H groups in total. The van der Waals surface area contributed by atoms with E-state index >= 15 is 0 Å². The Morgan fingerprint density at radius 1 is 1.27 bits per heavy atom. The van der Waals surface area contributed by atoms with E-state index in [-0.39, 0.29) is 18.1 Å². The van der Waals surface area contributed by atoms with E-state index < -0.39 is 0 Å². The number of aliphatic hydroxyl groups is 2. The van der Waals surface area contributed by atoms with Crippen molar-refractivity contribution in [3.8, 4) is 0 Å². The summed E-state index contributed by atoms with van der Waals surface area (Å²) in [6, 6.07) is 2.30. The third-order valence-corrected chi connectivity index (χ3v) is 5.80. The van der Waals surface area contributed by atoms with Gasteiger partial charge >= 0.3 is 0 Å². The summed E-state index contributed by atoms with van der Waals surface area (Å²) in [4.78, 5) is 0. The van der Waals surface area contributed by atoms with Gasteiger partial charge in [0.2, 0.25) is 0 Å². The molecule has 0 amide bonds. The van der Waals surface area contributed by atoms with Crippen LogP contribution < -0.4 is 0 Å². The molecule has 1 aromatic carbocycles. The standard InChI is InChI=1S/C20H32O2/c1-13(10-11-21)6-7-16-15(3)14(2)12-18-17(16)8-9-19(22)20(18,4)5/h12-13,19,21-22H,6-11H2,1-5H3. The highest BCUT2D eigenvalue weighted by Gasteiger charge is 2.36. The number of hydrogen-bond acceptors (Lipinski definition) is 2. The van der Waals surface area contributed by atoms with E-state index in [0.717, 1.165) is 32.1 Å². The first kappa shape index (κ1) is 17.5. The van der Waals surface area contributed by atoms with Crippen LogP contribution in [0.5, 0.6) is 0 Å². The monoisotopic (exact) mass is 304 g/mol. The maximum Gasteiger partial charge on any atom is 0.0634 e. The molecule has 0 spiro atoms. The maximum absolute atomic E-state index is 10.4. The fourth-order valence-corrected chi connectivity index (χ4v) is 3.81. The van der Waals surface area contributed by atoms with Crippen LogP contribution in [0.15, 0.2) is 6.07 Å². The van der Waals surface area contributed by atoms with Crippen molar-refractivity contribution < 1.29 is 10.2 Å². The summed E-state index contributed by atoms with van der Waals surface area (Å²) in [6.07, 6.45) is 4.70. The van der Waals surface area contributed by atoms with Crippen LogP contribution in [-0.2, 0) is 18.3 Å². The molecule has 124 valence electrons. The van der Waals surface area contributed by atoms with Gasteiger partial charge in [0.05, 0.1) is 6.10 Å². The summed E-state index contributed by atoms with van der Waals surface area (Å²) >= 11 is 0. The van der Waals surface area contributed by atoms with Crippen LogP contribution in [0.4, 0.5) is 0 Å². The summed E-state index contributed by atoms with van der Waals surface area (Å²) in [5.74, 6) is 0.558. The molecule has 1 aliphatic rings. The van der Waals surface area contributed by atoms with Crippen LogP contribution in [0.2, 0.25) is 0 Å². The topological polar surface area (TPSA) is 40.5 Å². The molecule has 1 aromatic rings. The molecule has 2 heteroatoms. The third kappa shape index (κ3) is 3.23. The molecule has 2 nitrogen and oxygen atoms in total. The SMILES string of the molecule is Cc1cc2c(c(CCC(C)CCO)c1C)CCC(O)C2(C)C. The fourth-order valence-electron chi connectivity index (χ4n) is 3.81. The van der Waals surface area contributed by atoms with Gasteiger partial charge in [-0.2, -0.15) is 0 Å². The Hall–Kier alpha value is -0.860. The molecule has 0 fully saturated rings. The second-order valence-corrected chi connectivity index (χ2v) is 7.76. The molecule has 2 unspecified atom stereocenters. The predicted octanol–water partition coefficient (Wildman–Crippen LogP) is 3.84. The average Bonchev–Trinajstić information content (AvgIpc) is 2.45. The molecule has 22 heavy (non-hydrogen) atoms.